The van der Waals surface area contributed by atoms with Crippen LogP contribution in [-0.2, 0) is 4.79 Å². The fourth-order valence-electron chi connectivity index (χ4n) is 2.11. The molecule has 2 rings (SSSR count). The maximum Gasteiger partial charge on any atom is 0.314 e. The van der Waals surface area contributed by atoms with Crippen LogP contribution >= 0.6 is 0 Å². The van der Waals surface area contributed by atoms with Crippen LogP contribution in [0, 0.1) is 12.8 Å². The number of methoxy groups -OCH3 is 1. The lowest BCUT2D eigenvalue weighted by Gasteiger charge is -2.21. The van der Waals surface area contributed by atoms with Crippen LogP contribution in [0.4, 0.5) is 0 Å². The summed E-state index contributed by atoms with van der Waals surface area (Å²) >= 11 is 0. The molecule has 0 aliphatic carbocycles. The van der Waals surface area contributed by atoms with Crippen molar-refractivity contribution in [1.29, 1.82) is 0 Å². The van der Waals surface area contributed by atoms with Gasteiger partial charge in [0.1, 0.15) is 0 Å². The van der Waals surface area contributed by atoms with E-state index in [1.54, 1.807) is 13.2 Å². The highest BCUT2D eigenvalue weighted by Gasteiger charge is 2.23. The molecular formula is C14H19NO3. The van der Waals surface area contributed by atoms with Gasteiger partial charge in [0, 0.05) is 0 Å². The highest BCUT2D eigenvalue weighted by molar-refractivity contribution is 5.76. The number of carbonyl (C=O) groups excluding carboxylic acids is 1. The van der Waals surface area contributed by atoms with Crippen LogP contribution < -0.4 is 14.8 Å². The maximum atomic E-state index is 12.0. The second kappa shape index (κ2) is 5.87. The van der Waals surface area contributed by atoms with E-state index < -0.39 is 0 Å². The molecule has 1 fully saturated rings. The minimum Gasteiger partial charge on any atom is -0.493 e. The van der Waals surface area contributed by atoms with Gasteiger partial charge in [0.25, 0.3) is 0 Å². The summed E-state index contributed by atoms with van der Waals surface area (Å²) in [5.74, 6) is 0.958. The third-order valence-corrected chi connectivity index (χ3v) is 3.20. The van der Waals surface area contributed by atoms with E-state index >= 15 is 0 Å². The number of hydrogen-bond donors (Lipinski definition) is 1. The van der Waals surface area contributed by atoms with Crippen molar-refractivity contribution in [3.63, 3.8) is 0 Å². The molecule has 1 aromatic carbocycles. The maximum absolute atomic E-state index is 12.0. The molecule has 1 heterocycles. The van der Waals surface area contributed by atoms with Gasteiger partial charge < -0.3 is 14.8 Å². The minimum atomic E-state index is -0.154. The molecule has 98 valence electrons. The number of piperidine rings is 1. The Bertz CT molecular complexity index is 425. The van der Waals surface area contributed by atoms with Crippen molar-refractivity contribution in [3.8, 4) is 11.5 Å². The Kier molecular flexibility index (Phi) is 4.20. The van der Waals surface area contributed by atoms with Crippen LogP contribution in [0.25, 0.3) is 0 Å². The first-order chi connectivity index (χ1) is 8.70. The second-order valence-electron chi connectivity index (χ2n) is 4.60. The van der Waals surface area contributed by atoms with Crippen molar-refractivity contribution < 1.29 is 14.3 Å². The van der Waals surface area contributed by atoms with Crippen LogP contribution in [0.1, 0.15) is 18.4 Å². The molecule has 1 aromatic rings. The summed E-state index contributed by atoms with van der Waals surface area (Å²) in [7, 11) is 1.58. The molecule has 4 nitrogen and oxygen atoms in total. The second-order valence-corrected chi connectivity index (χ2v) is 4.60. The summed E-state index contributed by atoms with van der Waals surface area (Å²) < 4.78 is 10.7. The summed E-state index contributed by atoms with van der Waals surface area (Å²) in [6, 6.07) is 5.56. The van der Waals surface area contributed by atoms with Crippen LogP contribution in [0.2, 0.25) is 0 Å². The van der Waals surface area contributed by atoms with E-state index in [2.05, 4.69) is 5.32 Å². The molecule has 0 aromatic heterocycles. The van der Waals surface area contributed by atoms with Crippen molar-refractivity contribution in [2.75, 3.05) is 20.2 Å². The van der Waals surface area contributed by atoms with Gasteiger partial charge in [0.05, 0.1) is 13.0 Å². The van der Waals surface area contributed by atoms with Gasteiger partial charge in [-0.25, -0.2) is 0 Å². The van der Waals surface area contributed by atoms with E-state index in [1.165, 1.54) is 0 Å². The molecule has 1 N–H and O–H groups in total. The molecule has 0 spiro atoms. The number of carbonyl (C=O) groups is 1. The molecule has 1 aliphatic heterocycles. The lowest BCUT2D eigenvalue weighted by molar-refractivity contribution is -0.139. The molecular weight excluding hydrogens is 230 g/mol. The molecule has 1 saturated heterocycles. The fraction of sp³-hybridized carbons (Fsp3) is 0.500. The van der Waals surface area contributed by atoms with Gasteiger partial charge >= 0.3 is 5.97 Å². The number of ether oxygens (including phenoxy) is 2. The van der Waals surface area contributed by atoms with Gasteiger partial charge in [0.15, 0.2) is 11.5 Å². The van der Waals surface area contributed by atoms with E-state index in [9.17, 15) is 4.79 Å². The molecule has 0 atom stereocenters. The molecule has 0 radical (unpaired) electrons. The number of nitrogens with one attached hydrogen (secondary N) is 1. The predicted octanol–water partition coefficient (Wildman–Crippen LogP) is 1.91. The molecule has 4 heteroatoms. The average molecular weight is 249 g/mol. The SMILES string of the molecule is COc1cc(C)ccc1OC(=O)C1CCNCC1. The van der Waals surface area contributed by atoms with Gasteiger partial charge in [-0.05, 0) is 50.6 Å². The van der Waals surface area contributed by atoms with E-state index in [4.69, 9.17) is 9.47 Å². The first kappa shape index (κ1) is 12.9. The van der Waals surface area contributed by atoms with E-state index in [-0.39, 0.29) is 11.9 Å². The lowest BCUT2D eigenvalue weighted by atomic mass is 9.98. The summed E-state index contributed by atoms with van der Waals surface area (Å²) in [6.07, 6.45) is 1.68. The Morgan fingerprint density at radius 3 is 2.67 bits per heavy atom. The van der Waals surface area contributed by atoms with Gasteiger partial charge in [-0.2, -0.15) is 0 Å². The molecule has 0 saturated carbocycles. The van der Waals surface area contributed by atoms with Crippen LogP contribution in [0.3, 0.4) is 0 Å². The van der Waals surface area contributed by atoms with E-state index in [0.717, 1.165) is 31.5 Å². The number of esters is 1. The number of benzene rings is 1. The smallest absolute Gasteiger partial charge is 0.314 e. The van der Waals surface area contributed by atoms with Crippen molar-refractivity contribution in [3.05, 3.63) is 23.8 Å². The number of hydrogen-bond acceptors (Lipinski definition) is 4. The van der Waals surface area contributed by atoms with Gasteiger partial charge in [-0.15, -0.1) is 0 Å². The zero-order valence-electron chi connectivity index (χ0n) is 10.9. The highest BCUT2D eigenvalue weighted by Crippen LogP contribution is 2.29. The summed E-state index contributed by atoms with van der Waals surface area (Å²) in [5.41, 5.74) is 1.08. The Morgan fingerprint density at radius 1 is 1.28 bits per heavy atom. The Hall–Kier alpha value is -1.55. The summed E-state index contributed by atoms with van der Waals surface area (Å²) in [5, 5.41) is 3.23. The van der Waals surface area contributed by atoms with Crippen LogP contribution in [0.15, 0.2) is 18.2 Å². The molecule has 0 amide bonds. The topological polar surface area (TPSA) is 47.6 Å². The molecule has 18 heavy (non-hydrogen) atoms. The Morgan fingerprint density at radius 2 is 2.00 bits per heavy atom. The highest BCUT2D eigenvalue weighted by atomic mass is 16.6. The lowest BCUT2D eigenvalue weighted by Crippen LogP contribution is -2.33. The van der Waals surface area contributed by atoms with Crippen molar-refractivity contribution >= 4 is 5.97 Å². The van der Waals surface area contributed by atoms with Gasteiger partial charge in [0.2, 0.25) is 0 Å². The molecule has 1 aliphatic rings. The fourth-order valence-corrected chi connectivity index (χ4v) is 2.11. The zero-order valence-corrected chi connectivity index (χ0v) is 10.9. The largest absolute Gasteiger partial charge is 0.493 e. The first-order valence-electron chi connectivity index (χ1n) is 6.28. The van der Waals surface area contributed by atoms with Crippen molar-refractivity contribution in [1.82, 2.24) is 5.32 Å². The normalized spacial score (nSPS) is 16.3. The van der Waals surface area contributed by atoms with E-state index in [0.29, 0.717) is 11.5 Å². The first-order valence-corrected chi connectivity index (χ1v) is 6.28. The third-order valence-electron chi connectivity index (χ3n) is 3.20. The number of aryl methyl sites for hydroxylation is 1. The molecule has 0 unspecified atom stereocenters. The summed E-state index contributed by atoms with van der Waals surface area (Å²) in [6.45, 7) is 3.73. The third kappa shape index (κ3) is 3.01. The Balaban J connectivity index is 2.06. The summed E-state index contributed by atoms with van der Waals surface area (Å²) in [4.78, 5) is 12.0. The standard InChI is InChI=1S/C14H19NO3/c1-10-3-4-12(13(9-10)17-2)18-14(16)11-5-7-15-8-6-11/h3-4,9,11,15H,5-8H2,1-2H3. The van der Waals surface area contributed by atoms with E-state index in [1.807, 2.05) is 19.1 Å². The van der Waals surface area contributed by atoms with Crippen molar-refractivity contribution in [2.24, 2.45) is 5.92 Å². The van der Waals surface area contributed by atoms with Crippen LogP contribution in [-0.4, -0.2) is 26.2 Å². The van der Waals surface area contributed by atoms with Crippen molar-refractivity contribution in [2.45, 2.75) is 19.8 Å². The predicted molar refractivity (Wildman–Crippen MR) is 69.0 cm³/mol. The quantitative estimate of drug-likeness (QED) is 0.656. The average Bonchev–Trinajstić information content (AvgIpc) is 2.41. The Labute approximate surface area is 107 Å². The van der Waals surface area contributed by atoms with Gasteiger partial charge in [-0.1, -0.05) is 6.07 Å². The monoisotopic (exact) mass is 249 g/mol. The number of rotatable bonds is 3. The van der Waals surface area contributed by atoms with Crippen LogP contribution in [0.5, 0.6) is 11.5 Å². The minimum absolute atomic E-state index is 0.00254. The zero-order chi connectivity index (χ0) is 13.0. The van der Waals surface area contributed by atoms with Gasteiger partial charge in [-0.3, -0.25) is 4.79 Å². The molecule has 0 bridgehead atoms.